The Morgan fingerprint density at radius 3 is 2.32 bits per heavy atom. The summed E-state index contributed by atoms with van der Waals surface area (Å²) in [4.78, 5) is 0.280. The molecule has 0 saturated carbocycles. The predicted octanol–water partition coefficient (Wildman–Crippen LogP) is 2.89. The second-order valence-corrected chi connectivity index (χ2v) is 5.76. The van der Waals surface area contributed by atoms with Gasteiger partial charge in [0.2, 0.25) is 0 Å². The highest BCUT2D eigenvalue weighted by molar-refractivity contribution is 7.90. The lowest BCUT2D eigenvalue weighted by Crippen LogP contribution is -1.93. The summed E-state index contributed by atoms with van der Waals surface area (Å²) in [6.07, 6.45) is 3.59. The van der Waals surface area contributed by atoms with Gasteiger partial charge in [-0.25, -0.2) is 0 Å². The van der Waals surface area contributed by atoms with Crippen LogP contribution < -0.4 is 0 Å². The molecule has 0 spiro atoms. The van der Waals surface area contributed by atoms with E-state index in [4.69, 9.17) is 0 Å². The number of nitrogens with zero attached hydrogens (tertiary/aromatic N) is 1. The summed E-state index contributed by atoms with van der Waals surface area (Å²) in [6.45, 7) is 0. The minimum absolute atomic E-state index is 0.280. The van der Waals surface area contributed by atoms with Gasteiger partial charge in [0.25, 0.3) is 10.0 Å². The Labute approximate surface area is 112 Å². The molecule has 0 saturated heterocycles. The number of benzene rings is 2. The average molecular weight is 269 g/mol. The molecule has 2 aromatic rings. The molecule has 0 aliphatic carbocycles. The van der Waals surface area contributed by atoms with Crippen LogP contribution in [-0.2, 0) is 10.0 Å². The Kier molecular flexibility index (Phi) is 2.80. The molecule has 0 radical (unpaired) electrons. The third-order valence-electron chi connectivity index (χ3n) is 2.89. The molecule has 2 aromatic carbocycles. The van der Waals surface area contributed by atoms with Crippen molar-refractivity contribution >= 4 is 21.8 Å². The van der Waals surface area contributed by atoms with Crippen LogP contribution in [0.4, 0.5) is 0 Å². The van der Waals surface area contributed by atoms with Crippen molar-refractivity contribution in [3.05, 3.63) is 71.8 Å². The number of fused-ring (bicyclic) bond motifs is 1. The van der Waals surface area contributed by atoms with E-state index < -0.39 is 10.0 Å². The largest absolute Gasteiger partial charge is 0.283 e. The molecule has 0 unspecified atom stereocenters. The lowest BCUT2D eigenvalue weighted by molar-refractivity contribution is 0.599. The van der Waals surface area contributed by atoms with Crippen molar-refractivity contribution in [2.24, 2.45) is 4.40 Å². The Hall–Kier alpha value is -2.20. The van der Waals surface area contributed by atoms with Gasteiger partial charge in [-0.15, -0.1) is 0 Å². The molecular weight excluding hydrogens is 258 g/mol. The van der Waals surface area contributed by atoms with Crippen LogP contribution in [-0.4, -0.2) is 14.1 Å². The SMILES string of the molecule is O=S1(=O)N=C(/C=C/c2ccccc2)c2ccccc21. The second kappa shape index (κ2) is 4.48. The van der Waals surface area contributed by atoms with Gasteiger partial charge < -0.3 is 0 Å². The fraction of sp³-hybridized carbons (Fsp3) is 0. The number of hydrogen-bond donors (Lipinski definition) is 0. The maximum Gasteiger partial charge on any atom is 0.283 e. The van der Waals surface area contributed by atoms with Crippen LogP contribution in [0.2, 0.25) is 0 Å². The van der Waals surface area contributed by atoms with Gasteiger partial charge in [-0.2, -0.15) is 12.8 Å². The lowest BCUT2D eigenvalue weighted by atomic mass is 10.1. The highest BCUT2D eigenvalue weighted by atomic mass is 32.2. The quantitative estimate of drug-likeness (QED) is 0.841. The standard InChI is InChI=1S/C15H11NO2S/c17-19(18)15-9-5-4-8-13(15)14(16-19)11-10-12-6-2-1-3-7-12/h1-11H/b11-10+. The molecule has 1 heterocycles. The zero-order valence-corrected chi connectivity index (χ0v) is 10.8. The molecular formula is C15H11NO2S. The molecule has 1 aliphatic rings. The molecule has 3 nitrogen and oxygen atoms in total. The van der Waals surface area contributed by atoms with Crippen molar-refractivity contribution in [3.8, 4) is 0 Å². The van der Waals surface area contributed by atoms with Crippen LogP contribution in [0.15, 0.2) is 70.0 Å². The smallest absolute Gasteiger partial charge is 0.199 e. The summed E-state index contributed by atoms with van der Waals surface area (Å²) >= 11 is 0. The summed E-state index contributed by atoms with van der Waals surface area (Å²) < 4.78 is 27.5. The van der Waals surface area contributed by atoms with Gasteiger partial charge in [-0.1, -0.05) is 54.6 Å². The molecule has 0 aromatic heterocycles. The van der Waals surface area contributed by atoms with Gasteiger partial charge in [0.15, 0.2) is 0 Å². The van der Waals surface area contributed by atoms with Crippen LogP contribution in [0, 0.1) is 0 Å². The minimum Gasteiger partial charge on any atom is -0.199 e. The van der Waals surface area contributed by atoms with Crippen LogP contribution >= 0.6 is 0 Å². The van der Waals surface area contributed by atoms with E-state index in [1.165, 1.54) is 0 Å². The number of hydrogen-bond acceptors (Lipinski definition) is 2. The van der Waals surface area contributed by atoms with E-state index in [0.29, 0.717) is 11.3 Å². The van der Waals surface area contributed by atoms with Crippen molar-refractivity contribution in [2.45, 2.75) is 4.90 Å². The zero-order valence-electron chi connectivity index (χ0n) is 10.0. The summed E-state index contributed by atoms with van der Waals surface area (Å²) in [6, 6.07) is 16.6. The van der Waals surface area contributed by atoms with E-state index in [2.05, 4.69) is 4.40 Å². The fourth-order valence-corrected chi connectivity index (χ4v) is 3.21. The van der Waals surface area contributed by atoms with Crippen molar-refractivity contribution in [2.75, 3.05) is 0 Å². The average Bonchev–Trinajstić information content (AvgIpc) is 2.70. The van der Waals surface area contributed by atoms with Gasteiger partial charge >= 0.3 is 0 Å². The Morgan fingerprint density at radius 2 is 1.53 bits per heavy atom. The van der Waals surface area contributed by atoms with Crippen LogP contribution in [0.25, 0.3) is 6.08 Å². The molecule has 3 rings (SSSR count). The van der Waals surface area contributed by atoms with Crippen molar-refractivity contribution in [1.29, 1.82) is 0 Å². The highest BCUT2D eigenvalue weighted by Gasteiger charge is 2.26. The summed E-state index contributed by atoms with van der Waals surface area (Å²) in [5.74, 6) is 0. The van der Waals surface area contributed by atoms with Crippen LogP contribution in [0.1, 0.15) is 11.1 Å². The first-order valence-electron chi connectivity index (χ1n) is 5.84. The second-order valence-electron chi connectivity index (χ2n) is 4.19. The van der Waals surface area contributed by atoms with Gasteiger partial charge in [0, 0.05) is 5.56 Å². The topological polar surface area (TPSA) is 46.5 Å². The van der Waals surface area contributed by atoms with Gasteiger partial charge in [-0.3, -0.25) is 0 Å². The lowest BCUT2D eigenvalue weighted by Gasteiger charge is -1.96. The van der Waals surface area contributed by atoms with Crippen LogP contribution in [0.5, 0.6) is 0 Å². The molecule has 4 heteroatoms. The maximum absolute atomic E-state index is 11.9. The number of sulfonamides is 1. The van der Waals surface area contributed by atoms with Crippen molar-refractivity contribution in [3.63, 3.8) is 0 Å². The monoisotopic (exact) mass is 269 g/mol. The maximum atomic E-state index is 11.9. The first-order chi connectivity index (χ1) is 9.17. The summed E-state index contributed by atoms with van der Waals surface area (Å²) in [5.41, 5.74) is 2.15. The van der Waals surface area contributed by atoms with Crippen molar-refractivity contribution in [1.82, 2.24) is 0 Å². The zero-order chi connectivity index (χ0) is 13.3. The number of rotatable bonds is 2. The Morgan fingerprint density at radius 1 is 0.842 bits per heavy atom. The van der Waals surface area contributed by atoms with Crippen molar-refractivity contribution < 1.29 is 8.42 Å². The highest BCUT2D eigenvalue weighted by Crippen LogP contribution is 2.26. The molecule has 94 valence electrons. The van der Waals surface area contributed by atoms with E-state index >= 15 is 0 Å². The van der Waals surface area contributed by atoms with E-state index in [9.17, 15) is 8.42 Å². The normalized spacial score (nSPS) is 16.3. The third-order valence-corrected chi connectivity index (χ3v) is 4.24. The van der Waals surface area contributed by atoms with Gasteiger partial charge in [0.1, 0.15) is 0 Å². The van der Waals surface area contributed by atoms with E-state index in [-0.39, 0.29) is 4.90 Å². The number of allylic oxidation sites excluding steroid dienone is 1. The first-order valence-corrected chi connectivity index (χ1v) is 7.28. The Balaban J connectivity index is 2.02. The molecule has 1 aliphatic heterocycles. The first kappa shape index (κ1) is 11.9. The minimum atomic E-state index is -3.52. The van der Waals surface area contributed by atoms with E-state index in [0.717, 1.165) is 5.56 Å². The predicted molar refractivity (Wildman–Crippen MR) is 75.6 cm³/mol. The van der Waals surface area contributed by atoms with E-state index in [1.807, 2.05) is 42.5 Å². The van der Waals surface area contributed by atoms with Crippen LogP contribution in [0.3, 0.4) is 0 Å². The molecule has 19 heavy (non-hydrogen) atoms. The molecule has 0 atom stereocenters. The fourth-order valence-electron chi connectivity index (χ4n) is 1.99. The van der Waals surface area contributed by atoms with Gasteiger partial charge in [0.05, 0.1) is 10.6 Å². The molecule has 0 N–H and O–H groups in total. The molecule has 0 bridgehead atoms. The Bertz CT molecular complexity index is 775. The molecule has 0 fully saturated rings. The van der Waals surface area contributed by atoms with Gasteiger partial charge in [-0.05, 0) is 17.7 Å². The summed E-state index contributed by atoms with van der Waals surface area (Å²) in [7, 11) is -3.52. The molecule has 0 amide bonds. The third kappa shape index (κ3) is 2.22. The van der Waals surface area contributed by atoms with E-state index in [1.54, 1.807) is 24.3 Å². The summed E-state index contributed by atoms with van der Waals surface area (Å²) in [5, 5.41) is 0.